The van der Waals surface area contributed by atoms with Crippen LogP contribution in [0.25, 0.3) is 0 Å². The molecule has 0 aromatic rings. The molecule has 0 bridgehead atoms. The van der Waals surface area contributed by atoms with Crippen LogP contribution >= 0.6 is 0 Å². The molecule has 7 atom stereocenters. The Hall–Kier alpha value is -3.38. The summed E-state index contributed by atoms with van der Waals surface area (Å²) < 4.78 is 36.4. The fourth-order valence-electron chi connectivity index (χ4n) is 6.90. The minimum absolute atomic E-state index is 0.0813. The summed E-state index contributed by atoms with van der Waals surface area (Å²) in [6.07, 6.45) is 2.37. The highest BCUT2D eigenvalue weighted by Crippen LogP contribution is 2.42. The van der Waals surface area contributed by atoms with Crippen LogP contribution in [0, 0.1) is 33.5 Å². The topological polar surface area (TPSA) is 248 Å². The highest BCUT2D eigenvalue weighted by atomic mass is 16.6. The van der Waals surface area contributed by atoms with E-state index in [0.717, 1.165) is 25.7 Å². The maximum atomic E-state index is 13.0. The molecule has 1 aliphatic rings. The van der Waals surface area contributed by atoms with Gasteiger partial charge in [0.15, 0.2) is 0 Å². The van der Waals surface area contributed by atoms with E-state index in [1.54, 1.807) is 41.5 Å². The van der Waals surface area contributed by atoms with Gasteiger partial charge in [-0.25, -0.2) is 0 Å². The van der Waals surface area contributed by atoms with Crippen molar-refractivity contribution in [3.63, 3.8) is 0 Å². The van der Waals surface area contributed by atoms with Crippen LogP contribution in [0.2, 0.25) is 0 Å². The highest BCUT2D eigenvalue weighted by Gasteiger charge is 2.46. The lowest BCUT2D eigenvalue weighted by Crippen LogP contribution is -2.41. The molecule has 0 aliphatic carbocycles. The molecule has 7 unspecified atom stereocenters. The van der Waals surface area contributed by atoms with Crippen molar-refractivity contribution in [1.82, 2.24) is 0 Å². The molecule has 0 aromatic carbocycles. The summed E-state index contributed by atoms with van der Waals surface area (Å²) >= 11 is 0. The van der Waals surface area contributed by atoms with Crippen LogP contribution in [0.1, 0.15) is 127 Å². The average molecular weight is 865 g/mol. The molecule has 17 heteroatoms. The first-order valence-corrected chi connectivity index (χ1v) is 21.0. The Morgan fingerprint density at radius 3 is 1.62 bits per heavy atom. The van der Waals surface area contributed by atoms with Gasteiger partial charge in [0.25, 0.3) is 0 Å². The molecule has 0 spiro atoms. The number of aliphatic hydroxyl groups excluding tert-OH is 4. The second kappa shape index (κ2) is 27.5. The lowest BCUT2D eigenvalue weighted by molar-refractivity contribution is -0.166. The number of esters is 6. The average Bonchev–Trinajstić information content (AvgIpc) is 3.75. The molecular weight excluding hydrogens is 788 g/mol. The van der Waals surface area contributed by atoms with Gasteiger partial charge in [-0.15, -0.1) is 0 Å². The van der Waals surface area contributed by atoms with Gasteiger partial charge in [0.2, 0.25) is 0 Å². The largest absolute Gasteiger partial charge is 0.469 e. The van der Waals surface area contributed by atoms with E-state index in [1.165, 1.54) is 14.2 Å². The van der Waals surface area contributed by atoms with Crippen LogP contribution in [-0.2, 0) is 61.9 Å². The number of unbranched alkanes of at least 4 members (excludes halogenated alkanes) is 1. The maximum Gasteiger partial charge on any atom is 0.311 e. The fourth-order valence-corrected chi connectivity index (χ4v) is 6.90. The number of methoxy groups -OCH3 is 2. The number of hydrogen-bond donors (Lipinski definition) is 4. The molecule has 1 saturated heterocycles. The molecule has 0 amide bonds. The Morgan fingerprint density at radius 1 is 0.667 bits per heavy atom. The zero-order valence-electron chi connectivity index (χ0n) is 38.0. The smallest absolute Gasteiger partial charge is 0.311 e. The van der Waals surface area contributed by atoms with Gasteiger partial charge in [-0.1, -0.05) is 27.2 Å². The molecule has 0 aromatic heterocycles. The van der Waals surface area contributed by atoms with Crippen molar-refractivity contribution in [3.8, 4) is 0 Å². The van der Waals surface area contributed by atoms with Crippen molar-refractivity contribution in [1.29, 1.82) is 0 Å². The van der Waals surface area contributed by atoms with Crippen LogP contribution < -0.4 is 0 Å². The van der Waals surface area contributed by atoms with Gasteiger partial charge >= 0.3 is 35.8 Å². The van der Waals surface area contributed by atoms with E-state index in [9.17, 15) is 39.0 Å². The van der Waals surface area contributed by atoms with Crippen molar-refractivity contribution in [2.75, 3.05) is 60.5 Å². The van der Waals surface area contributed by atoms with Gasteiger partial charge in [0.05, 0.1) is 73.6 Å². The molecule has 17 nitrogen and oxygen atoms in total. The lowest BCUT2D eigenvalue weighted by Gasteiger charge is -2.35. The summed E-state index contributed by atoms with van der Waals surface area (Å²) in [5, 5.41) is 36.5. The Kier molecular flexibility index (Phi) is 26.0. The van der Waals surface area contributed by atoms with E-state index in [0.29, 0.717) is 26.1 Å². The predicted molar refractivity (Wildman–Crippen MR) is 218 cm³/mol. The molecule has 4 N–H and O–H groups in total. The van der Waals surface area contributed by atoms with Crippen LogP contribution in [0.5, 0.6) is 0 Å². The summed E-state index contributed by atoms with van der Waals surface area (Å²) in [6.45, 7) is 15.0. The van der Waals surface area contributed by atoms with Crippen LogP contribution in [-0.4, -0.2) is 135 Å². The van der Waals surface area contributed by atoms with Gasteiger partial charge in [0, 0.05) is 6.61 Å². The van der Waals surface area contributed by atoms with Gasteiger partial charge in [-0.3, -0.25) is 28.8 Å². The van der Waals surface area contributed by atoms with E-state index in [4.69, 9.17) is 43.4 Å². The molecule has 0 saturated carbocycles. The maximum absolute atomic E-state index is 13.0. The predicted octanol–water partition coefficient (Wildman–Crippen LogP) is 3.85. The first-order chi connectivity index (χ1) is 28.0. The van der Waals surface area contributed by atoms with Crippen molar-refractivity contribution in [2.45, 2.75) is 145 Å². The second-order valence-corrected chi connectivity index (χ2v) is 17.5. The number of aliphatic hydroxyl groups is 4. The molecule has 0 radical (unpaired) electrons. The number of rotatable bonds is 27. The van der Waals surface area contributed by atoms with Crippen molar-refractivity contribution in [3.05, 3.63) is 0 Å². The zero-order valence-corrected chi connectivity index (χ0v) is 38.0. The third-order valence-electron chi connectivity index (χ3n) is 10.8. The van der Waals surface area contributed by atoms with E-state index in [1.807, 2.05) is 20.8 Å². The van der Waals surface area contributed by atoms with Gasteiger partial charge in [-0.2, -0.15) is 0 Å². The molecule has 1 heterocycles. The third kappa shape index (κ3) is 19.6. The van der Waals surface area contributed by atoms with Crippen LogP contribution in [0.4, 0.5) is 0 Å². The Morgan fingerprint density at radius 2 is 1.17 bits per heavy atom. The van der Waals surface area contributed by atoms with Crippen LogP contribution in [0.3, 0.4) is 0 Å². The van der Waals surface area contributed by atoms with Crippen LogP contribution in [0.15, 0.2) is 0 Å². The molecule has 1 aliphatic heterocycles. The summed E-state index contributed by atoms with van der Waals surface area (Å²) in [7, 11) is 2.57. The lowest BCUT2D eigenvalue weighted by atomic mass is 9.69. The summed E-state index contributed by atoms with van der Waals surface area (Å²) in [5.74, 6) is -4.30. The van der Waals surface area contributed by atoms with E-state index in [-0.39, 0.29) is 57.6 Å². The summed E-state index contributed by atoms with van der Waals surface area (Å²) in [6, 6.07) is 0. The summed E-state index contributed by atoms with van der Waals surface area (Å²) in [5.41, 5.74) is -4.21. The normalized spacial score (nSPS) is 18.1. The quantitative estimate of drug-likeness (QED) is 0.0520. The summed E-state index contributed by atoms with van der Waals surface area (Å²) in [4.78, 5) is 75.4. The molecule has 350 valence electrons. The number of carbonyl (C=O) groups excluding carboxylic acids is 6. The molecule has 1 fully saturated rings. The van der Waals surface area contributed by atoms with E-state index in [2.05, 4.69) is 0 Å². The molecular formula is C43H76O17. The molecule has 60 heavy (non-hydrogen) atoms. The monoisotopic (exact) mass is 865 g/mol. The van der Waals surface area contributed by atoms with Gasteiger partial charge < -0.3 is 53.6 Å². The first-order valence-electron chi connectivity index (χ1n) is 21.0. The van der Waals surface area contributed by atoms with Crippen molar-refractivity contribution in [2.24, 2.45) is 33.5 Å². The minimum atomic E-state index is -1.17. The third-order valence-corrected chi connectivity index (χ3v) is 10.8. The second-order valence-electron chi connectivity index (χ2n) is 17.5. The highest BCUT2D eigenvalue weighted by molar-refractivity contribution is 5.82. The number of carbonyl (C=O) groups is 6. The molecule has 1 rings (SSSR count). The van der Waals surface area contributed by atoms with Crippen molar-refractivity contribution >= 4 is 35.8 Å². The zero-order chi connectivity index (χ0) is 46.3. The number of hydrogen-bond acceptors (Lipinski definition) is 17. The standard InChI is InChI=1S/C22H38O9.C21H38O8/c1-6-22(4,20(27)28-5)11-15(18(25)30-14-17-8-7-9-29-17)10-21(2,3)19(26)31-13-16(24)12-23;1-7-9-10-28-17(24)15(8-2)11-21(5,19(26)27-6)14-20(3,4)18(25)29-13-16(23)12-22/h15-17,23-24H,6-14H2,1-5H3;15-16,22-23H,7-14H2,1-6H3. The number of ether oxygens (including phenoxy) is 7. The van der Waals surface area contributed by atoms with Crippen molar-refractivity contribution < 1.29 is 82.4 Å². The van der Waals surface area contributed by atoms with Gasteiger partial charge in [-0.05, 0) is 99.3 Å². The Balaban J connectivity index is 0.00000116. The first kappa shape index (κ1) is 56.6. The Bertz CT molecular complexity index is 1330. The minimum Gasteiger partial charge on any atom is -0.469 e. The fraction of sp³-hybridized carbons (Fsp3) is 0.860. The van der Waals surface area contributed by atoms with Gasteiger partial charge in [0.1, 0.15) is 32.0 Å². The SMILES string of the molecule is CCC(C)(CC(CC(C)(C)C(=O)OCC(O)CO)C(=O)OCC1CCCO1)C(=O)OC.CCCCOC(=O)C(CC)CC(C)(CC(C)(C)C(=O)OCC(O)CO)C(=O)OC. The Labute approximate surface area is 356 Å². The van der Waals surface area contributed by atoms with E-state index >= 15 is 0 Å². The van der Waals surface area contributed by atoms with E-state index < -0.39 is 88.8 Å².